The molecule has 5 rings (SSSR count). The van der Waals surface area contributed by atoms with E-state index in [0.29, 0.717) is 29.6 Å². The lowest BCUT2D eigenvalue weighted by Crippen LogP contribution is -2.57. The SMILES string of the molecule is O=C1N(c2ccc3nc[nH]c3c2)[C@@H](c2c(F)cc(OCCC(F)F)cc2F)C12CC2. The van der Waals surface area contributed by atoms with Gasteiger partial charge in [-0.1, -0.05) is 0 Å². The average Bonchev–Trinajstić information content (AvgIpc) is 3.40. The number of imidazole rings is 1. The number of aromatic amines is 1. The number of carbonyl (C=O) groups excluding carboxylic acids is 1. The number of nitrogens with zero attached hydrogens (tertiary/aromatic N) is 2. The summed E-state index contributed by atoms with van der Waals surface area (Å²) in [6.07, 6.45) is -0.446. The summed E-state index contributed by atoms with van der Waals surface area (Å²) in [7, 11) is 0. The molecule has 3 aromatic rings. The van der Waals surface area contributed by atoms with Crippen molar-refractivity contribution in [3.8, 4) is 5.75 Å². The summed E-state index contributed by atoms with van der Waals surface area (Å²) in [4.78, 5) is 21.4. The molecule has 1 amide bonds. The van der Waals surface area contributed by atoms with E-state index in [-0.39, 0.29) is 23.8 Å². The molecule has 156 valence electrons. The summed E-state index contributed by atoms with van der Waals surface area (Å²) in [6.45, 7) is -0.349. The topological polar surface area (TPSA) is 58.2 Å². The van der Waals surface area contributed by atoms with E-state index in [2.05, 4.69) is 9.97 Å². The molecule has 0 radical (unpaired) electrons. The monoisotopic (exact) mass is 419 g/mol. The van der Waals surface area contributed by atoms with Crippen molar-refractivity contribution in [1.82, 2.24) is 9.97 Å². The Morgan fingerprint density at radius 2 is 1.93 bits per heavy atom. The quantitative estimate of drug-likeness (QED) is 0.464. The fourth-order valence-corrected chi connectivity index (χ4v) is 4.19. The van der Waals surface area contributed by atoms with E-state index >= 15 is 0 Å². The number of β-lactam (4-membered cyclic amide) rings is 1. The van der Waals surface area contributed by atoms with Gasteiger partial charge in [-0.2, -0.15) is 0 Å². The Kier molecular flexibility index (Phi) is 4.23. The molecule has 0 bridgehead atoms. The number of anilines is 1. The maximum atomic E-state index is 14.9. The van der Waals surface area contributed by atoms with Crippen molar-refractivity contribution in [3.05, 3.63) is 53.9 Å². The molecular formula is C21H17F4N3O2. The van der Waals surface area contributed by atoms with Crippen LogP contribution in [0.4, 0.5) is 23.2 Å². The Bertz CT molecular complexity index is 1120. The molecule has 2 fully saturated rings. The fourth-order valence-electron chi connectivity index (χ4n) is 4.19. The number of rotatable bonds is 6. The zero-order chi connectivity index (χ0) is 21.0. The lowest BCUT2D eigenvalue weighted by Gasteiger charge is -2.48. The number of halogens is 4. The molecule has 5 nitrogen and oxygen atoms in total. The lowest BCUT2D eigenvalue weighted by molar-refractivity contribution is -0.132. The van der Waals surface area contributed by atoms with Gasteiger partial charge in [0.25, 0.3) is 0 Å². The predicted octanol–water partition coefficient (Wildman–Crippen LogP) is 4.74. The van der Waals surface area contributed by atoms with E-state index in [1.807, 2.05) is 0 Å². The molecule has 1 saturated heterocycles. The number of benzene rings is 2. The van der Waals surface area contributed by atoms with Gasteiger partial charge in [-0.05, 0) is 31.0 Å². The summed E-state index contributed by atoms with van der Waals surface area (Å²) in [5.74, 6) is -2.05. The lowest BCUT2D eigenvalue weighted by atomic mass is 9.78. The first kappa shape index (κ1) is 18.9. The number of aromatic nitrogens is 2. The Balaban J connectivity index is 1.49. The Morgan fingerprint density at radius 3 is 2.60 bits per heavy atom. The van der Waals surface area contributed by atoms with E-state index in [4.69, 9.17) is 4.74 Å². The van der Waals surface area contributed by atoms with Crippen molar-refractivity contribution in [2.75, 3.05) is 11.5 Å². The smallest absolute Gasteiger partial charge is 0.241 e. The highest BCUT2D eigenvalue weighted by atomic mass is 19.3. The minimum absolute atomic E-state index is 0.157. The summed E-state index contributed by atoms with van der Waals surface area (Å²) < 4.78 is 59.4. The van der Waals surface area contributed by atoms with Gasteiger partial charge in [-0.3, -0.25) is 4.79 Å². The molecule has 2 aromatic carbocycles. The second kappa shape index (κ2) is 6.72. The minimum atomic E-state index is -2.56. The summed E-state index contributed by atoms with van der Waals surface area (Å²) in [5.41, 5.74) is 0.947. The zero-order valence-corrected chi connectivity index (χ0v) is 15.7. The molecule has 1 saturated carbocycles. The Hall–Kier alpha value is -3.10. The van der Waals surface area contributed by atoms with Crippen LogP contribution in [-0.2, 0) is 4.79 Å². The van der Waals surface area contributed by atoms with Gasteiger partial charge in [0.15, 0.2) is 0 Å². The van der Waals surface area contributed by atoms with Crippen LogP contribution in [0.2, 0.25) is 0 Å². The molecule has 1 N–H and O–H groups in total. The first-order valence-electron chi connectivity index (χ1n) is 9.57. The van der Waals surface area contributed by atoms with Gasteiger partial charge in [-0.25, -0.2) is 22.5 Å². The first-order valence-corrected chi connectivity index (χ1v) is 9.57. The third kappa shape index (κ3) is 2.83. The second-order valence-corrected chi connectivity index (χ2v) is 7.67. The molecule has 30 heavy (non-hydrogen) atoms. The van der Waals surface area contributed by atoms with Gasteiger partial charge in [0.1, 0.15) is 17.4 Å². The molecule has 1 aliphatic heterocycles. The van der Waals surface area contributed by atoms with Crippen molar-refractivity contribution >= 4 is 22.6 Å². The number of hydrogen-bond donors (Lipinski definition) is 1. The third-order valence-electron chi connectivity index (χ3n) is 5.83. The van der Waals surface area contributed by atoms with Crippen LogP contribution >= 0.6 is 0 Å². The molecule has 2 heterocycles. The van der Waals surface area contributed by atoms with Gasteiger partial charge in [-0.15, -0.1) is 0 Å². The van der Waals surface area contributed by atoms with Crippen LogP contribution in [0.1, 0.15) is 30.9 Å². The minimum Gasteiger partial charge on any atom is -0.493 e. The van der Waals surface area contributed by atoms with Crippen LogP contribution in [0.3, 0.4) is 0 Å². The Morgan fingerprint density at radius 1 is 1.20 bits per heavy atom. The average molecular weight is 419 g/mol. The normalized spacial score (nSPS) is 19.6. The molecule has 9 heteroatoms. The van der Waals surface area contributed by atoms with Crippen LogP contribution in [0, 0.1) is 17.0 Å². The van der Waals surface area contributed by atoms with Crippen LogP contribution in [0.15, 0.2) is 36.7 Å². The standard InChI is InChI=1S/C21H17F4N3O2/c22-13-8-12(30-6-3-17(24)25)9-14(23)18(13)19-21(4-5-21)20(29)28(19)11-1-2-15-16(7-11)27-10-26-15/h1-2,7-10,17,19H,3-6H2,(H,26,27)/t19-/m0/s1. The highest BCUT2D eigenvalue weighted by molar-refractivity contribution is 6.08. The number of fused-ring (bicyclic) bond motifs is 1. The number of H-pyrrole nitrogens is 1. The van der Waals surface area contributed by atoms with E-state index in [9.17, 15) is 22.4 Å². The number of carbonyl (C=O) groups is 1. The number of alkyl halides is 2. The highest BCUT2D eigenvalue weighted by Crippen LogP contribution is 2.67. The van der Waals surface area contributed by atoms with Crippen LogP contribution in [-0.4, -0.2) is 28.9 Å². The van der Waals surface area contributed by atoms with Gasteiger partial charge in [0.2, 0.25) is 12.3 Å². The Labute approximate surface area is 168 Å². The van der Waals surface area contributed by atoms with Crippen molar-refractivity contribution in [2.24, 2.45) is 5.41 Å². The number of nitrogens with one attached hydrogen (secondary N) is 1. The van der Waals surface area contributed by atoms with E-state index in [1.165, 1.54) is 11.2 Å². The second-order valence-electron chi connectivity index (χ2n) is 7.67. The number of hydrogen-bond acceptors (Lipinski definition) is 3. The molecule has 1 atom stereocenters. The van der Waals surface area contributed by atoms with Gasteiger partial charge >= 0.3 is 0 Å². The van der Waals surface area contributed by atoms with Crippen molar-refractivity contribution < 1.29 is 27.1 Å². The molecule has 0 unspecified atom stereocenters. The molecule has 1 spiro atoms. The summed E-state index contributed by atoms with van der Waals surface area (Å²) in [5, 5.41) is 0. The highest BCUT2D eigenvalue weighted by Gasteiger charge is 2.69. The van der Waals surface area contributed by atoms with Crippen molar-refractivity contribution in [1.29, 1.82) is 0 Å². The van der Waals surface area contributed by atoms with Gasteiger partial charge in [0, 0.05) is 29.8 Å². The molecule has 1 aliphatic carbocycles. The van der Waals surface area contributed by atoms with Gasteiger partial charge < -0.3 is 14.6 Å². The number of ether oxygens (including phenoxy) is 1. The van der Waals surface area contributed by atoms with Gasteiger partial charge in [0.05, 0.1) is 35.4 Å². The largest absolute Gasteiger partial charge is 0.493 e. The van der Waals surface area contributed by atoms with Crippen LogP contribution < -0.4 is 9.64 Å². The predicted molar refractivity (Wildman–Crippen MR) is 100 cm³/mol. The maximum Gasteiger partial charge on any atom is 0.241 e. The number of amides is 1. The molecule has 2 aliphatic rings. The van der Waals surface area contributed by atoms with Crippen LogP contribution in [0.5, 0.6) is 5.75 Å². The zero-order valence-electron chi connectivity index (χ0n) is 15.7. The first-order chi connectivity index (χ1) is 14.4. The molecular weight excluding hydrogens is 402 g/mol. The van der Waals surface area contributed by atoms with Crippen molar-refractivity contribution in [2.45, 2.75) is 31.7 Å². The van der Waals surface area contributed by atoms with E-state index in [1.54, 1.807) is 18.2 Å². The third-order valence-corrected chi connectivity index (χ3v) is 5.83. The molecule has 1 aromatic heterocycles. The van der Waals surface area contributed by atoms with Crippen molar-refractivity contribution in [3.63, 3.8) is 0 Å². The van der Waals surface area contributed by atoms with E-state index in [0.717, 1.165) is 12.1 Å². The maximum absolute atomic E-state index is 14.9. The summed E-state index contributed by atoms with van der Waals surface area (Å²) >= 11 is 0. The fraction of sp³-hybridized carbons (Fsp3) is 0.333. The van der Waals surface area contributed by atoms with Crippen LogP contribution in [0.25, 0.3) is 11.0 Å². The van der Waals surface area contributed by atoms with E-state index < -0.39 is 35.9 Å². The summed E-state index contributed by atoms with van der Waals surface area (Å²) in [6, 6.07) is 6.34.